The van der Waals surface area contributed by atoms with Crippen molar-refractivity contribution < 1.29 is 19.6 Å². The molecule has 2 aromatic heterocycles. The summed E-state index contributed by atoms with van der Waals surface area (Å²) in [4.78, 5) is 33.2. The van der Waals surface area contributed by atoms with E-state index in [4.69, 9.17) is 5.21 Å². The van der Waals surface area contributed by atoms with Crippen LogP contribution >= 0.6 is 11.3 Å². The molecule has 10 heteroatoms. The van der Waals surface area contributed by atoms with Gasteiger partial charge in [-0.2, -0.15) is 10.6 Å². The molecular weight excluding hydrogens is 454 g/mol. The van der Waals surface area contributed by atoms with E-state index in [0.717, 1.165) is 29.1 Å². The van der Waals surface area contributed by atoms with Crippen molar-refractivity contribution in [2.75, 3.05) is 13.6 Å². The molecule has 0 fully saturated rings. The smallest absolute Gasteiger partial charge is 0.220 e. The molecule has 2 aromatic rings. The number of aromatic nitrogens is 2. The summed E-state index contributed by atoms with van der Waals surface area (Å²) in [5.74, 6) is -0.171. The first-order chi connectivity index (χ1) is 16.1. The molecular formula is C24H39N5O4S. The van der Waals surface area contributed by atoms with Crippen molar-refractivity contribution in [1.82, 2.24) is 25.9 Å². The lowest BCUT2D eigenvalue weighted by atomic mass is 10.2. The van der Waals surface area contributed by atoms with Crippen LogP contribution in [0.2, 0.25) is 0 Å². The van der Waals surface area contributed by atoms with Crippen molar-refractivity contribution in [2.24, 2.45) is 7.05 Å². The zero-order chi connectivity index (χ0) is 26.5. The van der Waals surface area contributed by atoms with Crippen molar-refractivity contribution in [2.45, 2.75) is 47.5 Å². The summed E-state index contributed by atoms with van der Waals surface area (Å²) in [7, 11) is 3.45. The number of aryl methyl sites for hydroxylation is 1. The van der Waals surface area contributed by atoms with Crippen molar-refractivity contribution in [3.63, 3.8) is 0 Å². The molecule has 0 spiro atoms. The molecule has 34 heavy (non-hydrogen) atoms. The third-order valence-corrected chi connectivity index (χ3v) is 4.79. The van der Waals surface area contributed by atoms with Gasteiger partial charge in [-0.1, -0.05) is 32.6 Å². The number of amides is 2. The second-order valence-electron chi connectivity index (χ2n) is 6.50. The Hall–Kier alpha value is -3.08. The molecule has 9 nitrogen and oxygen atoms in total. The van der Waals surface area contributed by atoms with E-state index in [1.807, 2.05) is 63.8 Å². The SMILES string of the molecule is C=C(CC/C=C\C)NC(C)=O.CC.CNC(C)=O.Cn1ccc(-c2ccc(C(=O)CNO)s2)n1. The van der Waals surface area contributed by atoms with Gasteiger partial charge in [-0.3, -0.25) is 19.1 Å². The highest BCUT2D eigenvalue weighted by Gasteiger charge is 2.10. The van der Waals surface area contributed by atoms with Crippen molar-refractivity contribution in [3.05, 3.63) is 53.7 Å². The quantitative estimate of drug-likeness (QED) is 0.249. The molecule has 0 aliphatic carbocycles. The molecule has 0 aromatic carbocycles. The minimum absolute atomic E-state index is 0.00463. The molecule has 190 valence electrons. The topological polar surface area (TPSA) is 125 Å². The van der Waals surface area contributed by atoms with Crippen molar-refractivity contribution >= 4 is 28.9 Å². The largest absolute Gasteiger partial charge is 0.359 e. The average Bonchev–Trinajstić information content (AvgIpc) is 3.45. The van der Waals surface area contributed by atoms with Gasteiger partial charge in [0.05, 0.1) is 16.3 Å². The van der Waals surface area contributed by atoms with Crippen LogP contribution in [0.4, 0.5) is 0 Å². The van der Waals surface area contributed by atoms with E-state index >= 15 is 0 Å². The van der Waals surface area contributed by atoms with Crippen LogP contribution in [-0.2, 0) is 16.6 Å². The second-order valence-corrected chi connectivity index (χ2v) is 7.58. The first-order valence-electron chi connectivity index (χ1n) is 10.9. The summed E-state index contributed by atoms with van der Waals surface area (Å²) < 4.78 is 1.71. The second kappa shape index (κ2) is 20.5. The van der Waals surface area contributed by atoms with Crippen LogP contribution < -0.4 is 16.1 Å². The summed E-state index contributed by atoms with van der Waals surface area (Å²) in [6.45, 7) is 12.6. The Morgan fingerprint density at radius 3 is 2.24 bits per heavy atom. The molecule has 0 saturated heterocycles. The van der Waals surface area contributed by atoms with Gasteiger partial charge in [0.15, 0.2) is 5.78 Å². The van der Waals surface area contributed by atoms with Gasteiger partial charge in [-0.15, -0.1) is 11.3 Å². The van der Waals surface area contributed by atoms with E-state index in [0.29, 0.717) is 4.88 Å². The van der Waals surface area contributed by atoms with E-state index in [1.54, 1.807) is 17.8 Å². The number of rotatable bonds is 8. The van der Waals surface area contributed by atoms with Crippen LogP contribution in [0.5, 0.6) is 0 Å². The zero-order valence-corrected chi connectivity index (χ0v) is 22.1. The number of nitrogens with zero attached hydrogens (tertiary/aromatic N) is 2. The minimum atomic E-state index is -0.130. The van der Waals surface area contributed by atoms with Crippen LogP contribution in [0, 0.1) is 0 Å². The molecule has 0 atom stereocenters. The third kappa shape index (κ3) is 16.5. The fourth-order valence-corrected chi connectivity index (χ4v) is 2.98. The van der Waals surface area contributed by atoms with Crippen LogP contribution in [0.15, 0.2) is 48.8 Å². The van der Waals surface area contributed by atoms with Gasteiger partial charge in [0.25, 0.3) is 0 Å². The maximum Gasteiger partial charge on any atom is 0.220 e. The number of hydrogen-bond acceptors (Lipinski definition) is 7. The molecule has 0 aliphatic heterocycles. The van der Waals surface area contributed by atoms with Gasteiger partial charge in [0.1, 0.15) is 5.69 Å². The zero-order valence-electron chi connectivity index (χ0n) is 21.3. The maximum atomic E-state index is 11.5. The standard InChI is InChI=1S/C10H11N3O2S.C9H15NO.C3H7NO.C2H6/c1-13-5-4-7(12-13)9-2-3-10(16-9)8(14)6-11-15;1-4-5-6-7-8(2)10-9(3)11;1-3(5)4-2;1-2/h2-5,11,15H,6H2,1H3;4-5H,2,6-7H2,1,3H3,(H,10,11);1-2H3,(H,4,5);1-2H3/b;5-4-;;. The first-order valence-corrected chi connectivity index (χ1v) is 11.7. The number of carbonyl (C=O) groups excluding carboxylic acids is 3. The molecule has 4 N–H and O–H groups in total. The summed E-state index contributed by atoms with van der Waals surface area (Å²) in [5.41, 5.74) is 3.49. The van der Waals surface area contributed by atoms with E-state index in [2.05, 4.69) is 22.3 Å². The predicted octanol–water partition coefficient (Wildman–Crippen LogP) is 4.08. The molecule has 2 heterocycles. The highest BCUT2D eigenvalue weighted by atomic mass is 32.1. The Labute approximate surface area is 206 Å². The number of nitrogens with one attached hydrogen (secondary N) is 3. The van der Waals surface area contributed by atoms with Crippen molar-refractivity contribution in [1.29, 1.82) is 0 Å². The number of hydrogen-bond donors (Lipinski definition) is 4. The van der Waals surface area contributed by atoms with Crippen molar-refractivity contribution in [3.8, 4) is 10.6 Å². The molecule has 0 radical (unpaired) electrons. The van der Waals surface area contributed by atoms with Gasteiger partial charge in [0.2, 0.25) is 11.8 Å². The Morgan fingerprint density at radius 2 is 1.79 bits per heavy atom. The van der Waals surface area contributed by atoms with Gasteiger partial charge in [-0.25, -0.2) is 0 Å². The molecule has 2 amide bonds. The van der Waals surface area contributed by atoms with Gasteiger partial charge in [0, 0.05) is 39.8 Å². The Balaban J connectivity index is 0. The fourth-order valence-electron chi connectivity index (χ4n) is 2.07. The summed E-state index contributed by atoms with van der Waals surface area (Å²) in [5, 5.41) is 17.7. The molecule has 0 bridgehead atoms. The number of Topliss-reactive ketones (excluding diaryl/α,β-unsaturated/α-hetero) is 1. The van der Waals surface area contributed by atoms with Crippen LogP contribution in [0.1, 0.15) is 57.1 Å². The number of carbonyl (C=O) groups is 3. The number of hydroxylamine groups is 1. The Morgan fingerprint density at radius 1 is 1.18 bits per heavy atom. The number of ketones is 1. The van der Waals surface area contributed by atoms with Gasteiger partial charge >= 0.3 is 0 Å². The number of allylic oxidation sites excluding steroid dienone is 3. The monoisotopic (exact) mass is 493 g/mol. The fraction of sp³-hybridized carbons (Fsp3) is 0.417. The molecule has 2 rings (SSSR count). The predicted molar refractivity (Wildman–Crippen MR) is 139 cm³/mol. The lowest BCUT2D eigenvalue weighted by molar-refractivity contribution is -0.119. The van der Waals surface area contributed by atoms with Gasteiger partial charge < -0.3 is 15.8 Å². The third-order valence-electron chi connectivity index (χ3n) is 3.64. The Bertz CT molecular complexity index is 903. The van der Waals surface area contributed by atoms with Gasteiger partial charge in [-0.05, 0) is 38.0 Å². The van der Waals surface area contributed by atoms with E-state index in [1.165, 1.54) is 25.2 Å². The highest BCUT2D eigenvalue weighted by molar-refractivity contribution is 7.17. The first kappa shape index (κ1) is 33.1. The summed E-state index contributed by atoms with van der Waals surface area (Å²) in [6.07, 6.45) is 7.65. The summed E-state index contributed by atoms with van der Waals surface area (Å²) >= 11 is 1.37. The van der Waals surface area contributed by atoms with E-state index in [-0.39, 0.29) is 24.1 Å². The maximum absolute atomic E-state index is 11.5. The normalized spacial score (nSPS) is 9.41. The molecule has 0 aliphatic rings. The van der Waals surface area contributed by atoms with Crippen LogP contribution in [-0.4, -0.2) is 46.2 Å². The minimum Gasteiger partial charge on any atom is -0.359 e. The van der Waals surface area contributed by atoms with Crippen LogP contribution in [0.3, 0.4) is 0 Å². The molecule has 0 unspecified atom stereocenters. The summed E-state index contributed by atoms with van der Waals surface area (Å²) in [6, 6.07) is 5.50. The van der Waals surface area contributed by atoms with E-state index in [9.17, 15) is 14.4 Å². The van der Waals surface area contributed by atoms with E-state index < -0.39 is 0 Å². The number of thiophene rings is 1. The average molecular weight is 494 g/mol. The molecule has 0 saturated carbocycles. The highest BCUT2D eigenvalue weighted by Crippen LogP contribution is 2.26. The lowest BCUT2D eigenvalue weighted by Crippen LogP contribution is -2.18. The Kier molecular flexibility index (Phi) is 20.0. The lowest BCUT2D eigenvalue weighted by Gasteiger charge is -2.02. The van der Waals surface area contributed by atoms with Crippen LogP contribution in [0.25, 0.3) is 10.6 Å².